The first kappa shape index (κ1) is 14.4. The van der Waals surface area contributed by atoms with Crippen LogP contribution < -0.4 is 0 Å². The van der Waals surface area contributed by atoms with E-state index in [2.05, 4.69) is 38.1 Å². The topological polar surface area (TPSA) is 33.1 Å². The van der Waals surface area contributed by atoms with E-state index in [-0.39, 0.29) is 11.4 Å². The van der Waals surface area contributed by atoms with Crippen molar-refractivity contribution in [1.82, 2.24) is 4.98 Å². The van der Waals surface area contributed by atoms with Gasteiger partial charge in [-0.3, -0.25) is 4.98 Å². The summed E-state index contributed by atoms with van der Waals surface area (Å²) >= 11 is 1.82. The molecule has 1 aromatic carbocycles. The van der Waals surface area contributed by atoms with Gasteiger partial charge in [-0.1, -0.05) is 38.1 Å². The van der Waals surface area contributed by atoms with E-state index in [0.29, 0.717) is 5.25 Å². The number of aliphatic hydroxyl groups is 1. The standard InChI is InChI=1S/C16H21NOS/c1-11(19-13(3)12(2)18)10-15-9-8-14-6-4-5-7-16(14)17-15/h4-9,11-13,18H,10H2,1-3H3/t11-,12+,13+/m1/s1. The number of fused-ring (bicyclic) bond motifs is 1. The smallest absolute Gasteiger partial charge is 0.0705 e. The molecule has 1 N–H and O–H groups in total. The second-order valence-electron chi connectivity index (χ2n) is 5.09. The second kappa shape index (κ2) is 6.40. The highest BCUT2D eigenvalue weighted by Crippen LogP contribution is 2.23. The molecule has 19 heavy (non-hydrogen) atoms. The van der Waals surface area contributed by atoms with Gasteiger partial charge in [-0.15, -0.1) is 0 Å². The minimum atomic E-state index is -0.267. The van der Waals surface area contributed by atoms with Gasteiger partial charge in [0.05, 0.1) is 11.6 Å². The molecule has 0 saturated carbocycles. The highest BCUT2D eigenvalue weighted by molar-refractivity contribution is 8.00. The zero-order chi connectivity index (χ0) is 13.8. The molecule has 2 nitrogen and oxygen atoms in total. The third-order valence-electron chi connectivity index (χ3n) is 3.28. The number of benzene rings is 1. The third kappa shape index (κ3) is 3.95. The second-order valence-corrected chi connectivity index (χ2v) is 6.91. The van der Waals surface area contributed by atoms with Crippen molar-refractivity contribution in [3.8, 4) is 0 Å². The van der Waals surface area contributed by atoms with E-state index < -0.39 is 0 Å². The number of hydrogen-bond acceptors (Lipinski definition) is 3. The Balaban J connectivity index is 2.04. The fourth-order valence-electron chi connectivity index (χ4n) is 2.04. The van der Waals surface area contributed by atoms with Gasteiger partial charge in [0, 0.05) is 28.0 Å². The Morgan fingerprint density at radius 2 is 1.84 bits per heavy atom. The first-order valence-corrected chi connectivity index (χ1v) is 7.68. The molecular formula is C16H21NOS. The molecule has 102 valence electrons. The first-order chi connectivity index (χ1) is 9.06. The summed E-state index contributed by atoms with van der Waals surface area (Å²) in [5, 5.41) is 11.4. The molecule has 1 aromatic heterocycles. The lowest BCUT2D eigenvalue weighted by atomic mass is 10.1. The van der Waals surface area contributed by atoms with Crippen LogP contribution in [0.25, 0.3) is 10.9 Å². The van der Waals surface area contributed by atoms with Crippen molar-refractivity contribution >= 4 is 22.7 Å². The maximum atomic E-state index is 9.54. The van der Waals surface area contributed by atoms with Gasteiger partial charge in [-0.2, -0.15) is 11.8 Å². The molecule has 0 spiro atoms. The summed E-state index contributed by atoms with van der Waals surface area (Å²) in [6.07, 6.45) is 0.670. The Morgan fingerprint density at radius 1 is 1.11 bits per heavy atom. The van der Waals surface area contributed by atoms with Crippen molar-refractivity contribution in [2.45, 2.75) is 43.8 Å². The van der Waals surface area contributed by atoms with Gasteiger partial charge in [0.25, 0.3) is 0 Å². The van der Waals surface area contributed by atoms with Crippen LogP contribution in [0.1, 0.15) is 26.5 Å². The lowest BCUT2D eigenvalue weighted by Gasteiger charge is -2.19. The molecule has 0 amide bonds. The van der Waals surface area contributed by atoms with Crippen LogP contribution in [0.4, 0.5) is 0 Å². The van der Waals surface area contributed by atoms with Crippen LogP contribution in [0.2, 0.25) is 0 Å². The van der Waals surface area contributed by atoms with E-state index in [9.17, 15) is 5.11 Å². The first-order valence-electron chi connectivity index (χ1n) is 6.74. The number of pyridine rings is 1. The molecule has 3 heteroatoms. The van der Waals surface area contributed by atoms with E-state index in [1.165, 1.54) is 5.39 Å². The molecule has 0 fully saturated rings. The van der Waals surface area contributed by atoms with Crippen molar-refractivity contribution in [1.29, 1.82) is 0 Å². The van der Waals surface area contributed by atoms with Crippen LogP contribution in [0.3, 0.4) is 0 Å². The Morgan fingerprint density at radius 3 is 2.58 bits per heavy atom. The molecule has 0 bridgehead atoms. The number of aromatic nitrogens is 1. The average Bonchev–Trinajstić information content (AvgIpc) is 2.38. The van der Waals surface area contributed by atoms with Gasteiger partial charge in [0.1, 0.15) is 0 Å². The summed E-state index contributed by atoms with van der Waals surface area (Å²) in [5.41, 5.74) is 2.18. The molecular weight excluding hydrogens is 254 g/mol. The van der Waals surface area contributed by atoms with Crippen molar-refractivity contribution < 1.29 is 5.11 Å². The van der Waals surface area contributed by atoms with E-state index in [1.54, 1.807) is 0 Å². The maximum absolute atomic E-state index is 9.54. The fraction of sp³-hybridized carbons (Fsp3) is 0.438. The fourth-order valence-corrected chi connectivity index (χ4v) is 3.27. The van der Waals surface area contributed by atoms with Gasteiger partial charge in [0.2, 0.25) is 0 Å². The van der Waals surface area contributed by atoms with Gasteiger partial charge >= 0.3 is 0 Å². The van der Waals surface area contributed by atoms with Crippen molar-refractivity contribution in [3.63, 3.8) is 0 Å². The average molecular weight is 275 g/mol. The van der Waals surface area contributed by atoms with E-state index in [4.69, 9.17) is 4.98 Å². The van der Waals surface area contributed by atoms with Gasteiger partial charge in [-0.05, 0) is 19.1 Å². The highest BCUT2D eigenvalue weighted by atomic mass is 32.2. The molecule has 0 aliphatic carbocycles. The number of thioether (sulfide) groups is 1. The monoisotopic (exact) mass is 275 g/mol. The Kier molecular flexibility index (Phi) is 4.83. The van der Waals surface area contributed by atoms with Gasteiger partial charge in [0.15, 0.2) is 0 Å². The quantitative estimate of drug-likeness (QED) is 0.904. The summed E-state index contributed by atoms with van der Waals surface area (Å²) in [6.45, 7) is 6.11. The number of hydrogen-bond donors (Lipinski definition) is 1. The van der Waals surface area contributed by atoms with Crippen LogP contribution in [0, 0.1) is 0 Å². The Labute approximate surface area is 119 Å². The molecule has 0 saturated heterocycles. The van der Waals surface area contributed by atoms with Gasteiger partial charge in [-0.25, -0.2) is 0 Å². The molecule has 0 radical (unpaired) electrons. The highest BCUT2D eigenvalue weighted by Gasteiger charge is 2.14. The number of aliphatic hydroxyl groups excluding tert-OH is 1. The Hall–Kier alpha value is -1.06. The summed E-state index contributed by atoms with van der Waals surface area (Å²) in [4.78, 5) is 4.69. The van der Waals surface area contributed by atoms with Crippen LogP contribution in [0.15, 0.2) is 36.4 Å². The molecule has 0 aliphatic rings. The summed E-state index contributed by atoms with van der Waals surface area (Å²) in [6, 6.07) is 12.4. The van der Waals surface area contributed by atoms with Crippen LogP contribution in [0.5, 0.6) is 0 Å². The predicted molar refractivity (Wildman–Crippen MR) is 83.6 cm³/mol. The van der Waals surface area contributed by atoms with Crippen LogP contribution in [-0.4, -0.2) is 26.7 Å². The van der Waals surface area contributed by atoms with E-state index in [0.717, 1.165) is 17.6 Å². The molecule has 2 rings (SSSR count). The Bertz CT molecular complexity index is 541. The summed E-state index contributed by atoms with van der Waals surface area (Å²) in [7, 11) is 0. The van der Waals surface area contributed by atoms with Crippen molar-refractivity contribution in [2.24, 2.45) is 0 Å². The molecule has 3 atom stereocenters. The summed E-state index contributed by atoms with van der Waals surface area (Å²) in [5.74, 6) is 0. The van der Waals surface area contributed by atoms with Crippen LogP contribution in [-0.2, 0) is 6.42 Å². The molecule has 2 aromatic rings. The number of rotatable bonds is 5. The third-order valence-corrected chi connectivity index (χ3v) is 4.73. The zero-order valence-electron chi connectivity index (χ0n) is 11.7. The maximum Gasteiger partial charge on any atom is 0.0705 e. The van der Waals surface area contributed by atoms with Gasteiger partial charge < -0.3 is 5.11 Å². The lowest BCUT2D eigenvalue weighted by molar-refractivity contribution is 0.196. The minimum absolute atomic E-state index is 0.260. The number of para-hydroxylation sites is 1. The van der Waals surface area contributed by atoms with E-state index in [1.807, 2.05) is 30.8 Å². The SMILES string of the molecule is C[C@H](Cc1ccc2ccccc2n1)S[C@@H](C)[C@H](C)O. The number of nitrogens with zero attached hydrogens (tertiary/aromatic N) is 1. The normalized spacial score (nSPS) is 16.2. The largest absolute Gasteiger partial charge is 0.392 e. The van der Waals surface area contributed by atoms with Crippen molar-refractivity contribution in [3.05, 3.63) is 42.1 Å². The molecule has 1 heterocycles. The predicted octanol–water partition coefficient (Wildman–Crippen LogP) is 3.67. The molecule has 0 aliphatic heterocycles. The molecule has 0 unspecified atom stereocenters. The lowest BCUT2D eigenvalue weighted by Crippen LogP contribution is -2.19. The van der Waals surface area contributed by atoms with E-state index >= 15 is 0 Å². The van der Waals surface area contributed by atoms with Crippen LogP contribution >= 0.6 is 11.8 Å². The minimum Gasteiger partial charge on any atom is -0.392 e. The zero-order valence-corrected chi connectivity index (χ0v) is 12.5. The summed E-state index contributed by atoms with van der Waals surface area (Å²) < 4.78 is 0. The van der Waals surface area contributed by atoms with Crippen molar-refractivity contribution in [2.75, 3.05) is 0 Å².